The van der Waals surface area contributed by atoms with Crippen LogP contribution in [0.1, 0.15) is 18.4 Å². The van der Waals surface area contributed by atoms with Gasteiger partial charge in [0.1, 0.15) is 5.82 Å². The molecule has 4 heterocycles. The van der Waals surface area contributed by atoms with Crippen LogP contribution in [0.5, 0.6) is 0 Å². The summed E-state index contributed by atoms with van der Waals surface area (Å²) in [5.41, 5.74) is 0.263. The van der Waals surface area contributed by atoms with Crippen molar-refractivity contribution >= 4 is 17.2 Å². The minimum Gasteiger partial charge on any atom is -0.356 e. The van der Waals surface area contributed by atoms with E-state index in [0.717, 1.165) is 12.4 Å². The zero-order valence-electron chi connectivity index (χ0n) is 13.5. The predicted octanol–water partition coefficient (Wildman–Crippen LogP) is 3.88. The van der Waals surface area contributed by atoms with Gasteiger partial charge in [-0.05, 0) is 40.9 Å². The van der Waals surface area contributed by atoms with Gasteiger partial charge in [0.05, 0.1) is 5.41 Å². The first-order valence-electron chi connectivity index (χ1n) is 8.35. The Bertz CT molecular complexity index is 677. The lowest BCUT2D eigenvalue weighted by atomic mass is 9.75. The molecule has 0 saturated carbocycles. The van der Waals surface area contributed by atoms with Gasteiger partial charge in [0.25, 0.3) is 5.92 Å². The molecule has 2 aliphatic heterocycles. The highest BCUT2D eigenvalue weighted by Crippen LogP contribution is 2.50. The summed E-state index contributed by atoms with van der Waals surface area (Å²) in [4.78, 5) is 8.55. The molecule has 2 saturated heterocycles. The van der Waals surface area contributed by atoms with Crippen LogP contribution in [0, 0.1) is 5.41 Å². The minimum atomic E-state index is -2.61. The molecule has 24 heavy (non-hydrogen) atoms. The van der Waals surface area contributed by atoms with Crippen LogP contribution >= 0.6 is 11.3 Å². The van der Waals surface area contributed by atoms with Crippen LogP contribution < -0.4 is 4.90 Å². The van der Waals surface area contributed by atoms with Gasteiger partial charge in [-0.3, -0.25) is 4.90 Å². The number of hydrogen-bond donors (Lipinski definition) is 0. The lowest BCUT2D eigenvalue weighted by molar-refractivity contribution is -0.158. The van der Waals surface area contributed by atoms with E-state index in [4.69, 9.17) is 0 Å². The molecule has 0 N–H and O–H groups in total. The van der Waals surface area contributed by atoms with Crippen LogP contribution in [0.3, 0.4) is 0 Å². The lowest BCUT2D eigenvalue weighted by Gasteiger charge is -2.46. The highest BCUT2D eigenvalue weighted by Gasteiger charge is 2.59. The van der Waals surface area contributed by atoms with Crippen molar-refractivity contribution in [1.29, 1.82) is 0 Å². The number of pyridine rings is 1. The maximum Gasteiger partial charge on any atom is 0.257 e. The van der Waals surface area contributed by atoms with Crippen molar-refractivity contribution in [2.45, 2.75) is 25.3 Å². The van der Waals surface area contributed by atoms with Gasteiger partial charge in [-0.2, -0.15) is 11.3 Å². The average Bonchev–Trinajstić information content (AvgIpc) is 3.23. The lowest BCUT2D eigenvalue weighted by Crippen LogP contribution is -2.56. The normalized spacial score (nSPS) is 27.0. The number of anilines is 1. The van der Waals surface area contributed by atoms with Crippen molar-refractivity contribution in [3.8, 4) is 0 Å². The number of rotatable bonds is 3. The summed E-state index contributed by atoms with van der Waals surface area (Å²) >= 11 is 1.66. The summed E-state index contributed by atoms with van der Waals surface area (Å²) in [5, 5.41) is 4.15. The number of aromatic nitrogens is 1. The Hall–Kier alpha value is -1.53. The molecule has 3 nitrogen and oxygen atoms in total. The fourth-order valence-electron chi connectivity index (χ4n) is 4.00. The fourth-order valence-corrected chi connectivity index (χ4v) is 4.66. The van der Waals surface area contributed by atoms with E-state index in [9.17, 15) is 8.78 Å². The van der Waals surface area contributed by atoms with Gasteiger partial charge in [0.2, 0.25) is 0 Å². The topological polar surface area (TPSA) is 19.4 Å². The summed E-state index contributed by atoms with van der Waals surface area (Å²) in [6, 6.07) is 7.75. The van der Waals surface area contributed by atoms with Gasteiger partial charge in [0, 0.05) is 45.3 Å². The number of hydrogen-bond acceptors (Lipinski definition) is 4. The highest BCUT2D eigenvalue weighted by atomic mass is 32.1. The quantitative estimate of drug-likeness (QED) is 0.838. The Morgan fingerprint density at radius 1 is 1.12 bits per heavy atom. The molecule has 2 aliphatic rings. The Balaban J connectivity index is 1.53. The van der Waals surface area contributed by atoms with Crippen LogP contribution in [-0.2, 0) is 6.54 Å². The summed E-state index contributed by atoms with van der Waals surface area (Å²) in [6.45, 7) is 2.73. The second-order valence-corrected chi connectivity index (χ2v) is 7.72. The van der Waals surface area contributed by atoms with E-state index in [2.05, 4.69) is 21.3 Å². The second-order valence-electron chi connectivity index (χ2n) is 6.94. The molecular weight excluding hydrogens is 328 g/mol. The Morgan fingerprint density at radius 3 is 2.79 bits per heavy atom. The molecule has 0 aliphatic carbocycles. The van der Waals surface area contributed by atoms with Gasteiger partial charge < -0.3 is 4.90 Å². The third-order valence-corrected chi connectivity index (χ3v) is 6.09. The first-order valence-corrected chi connectivity index (χ1v) is 9.30. The van der Waals surface area contributed by atoms with Crippen LogP contribution in [-0.4, -0.2) is 42.0 Å². The molecule has 2 fully saturated rings. The van der Waals surface area contributed by atoms with Crippen LogP contribution in [0.25, 0.3) is 0 Å². The van der Waals surface area contributed by atoms with Crippen molar-refractivity contribution in [1.82, 2.24) is 9.88 Å². The molecule has 2 aromatic rings. The molecule has 0 aromatic carbocycles. The standard InChI is InChI=1S/C18H21F2N3S/c19-18(20)6-8-22(11-15-4-10-24-12-15)13-17(18)5-9-23(14-17)16-3-1-2-7-21-16/h1-4,7,10,12H,5-6,8-9,11,13-14H2/t17-/m0/s1. The second kappa shape index (κ2) is 6.08. The van der Waals surface area contributed by atoms with Crippen molar-refractivity contribution in [3.63, 3.8) is 0 Å². The van der Waals surface area contributed by atoms with E-state index in [0.29, 0.717) is 32.6 Å². The molecule has 0 unspecified atom stereocenters. The predicted molar refractivity (Wildman–Crippen MR) is 92.7 cm³/mol. The van der Waals surface area contributed by atoms with Crippen LogP contribution in [0.2, 0.25) is 0 Å². The molecule has 128 valence electrons. The number of nitrogens with zero attached hydrogens (tertiary/aromatic N) is 3. The van der Waals surface area contributed by atoms with Gasteiger partial charge in [-0.15, -0.1) is 0 Å². The molecular formula is C18H21F2N3S. The molecule has 0 bridgehead atoms. The monoisotopic (exact) mass is 349 g/mol. The largest absolute Gasteiger partial charge is 0.356 e. The third-order valence-electron chi connectivity index (χ3n) is 5.36. The zero-order valence-corrected chi connectivity index (χ0v) is 14.3. The van der Waals surface area contributed by atoms with Gasteiger partial charge in [-0.1, -0.05) is 6.07 Å². The van der Waals surface area contributed by atoms with Gasteiger partial charge in [-0.25, -0.2) is 13.8 Å². The molecule has 2 aromatic heterocycles. The first-order chi connectivity index (χ1) is 11.6. The molecule has 0 amide bonds. The molecule has 6 heteroatoms. The highest BCUT2D eigenvalue weighted by molar-refractivity contribution is 7.07. The molecule has 1 spiro atoms. The number of piperidine rings is 1. The molecule has 0 radical (unpaired) electrons. The summed E-state index contributed by atoms with van der Waals surface area (Å²) in [7, 11) is 0. The van der Waals surface area contributed by atoms with Crippen molar-refractivity contribution < 1.29 is 8.78 Å². The van der Waals surface area contributed by atoms with Gasteiger partial charge in [0.15, 0.2) is 0 Å². The van der Waals surface area contributed by atoms with Crippen molar-refractivity contribution in [3.05, 3.63) is 46.8 Å². The maximum atomic E-state index is 14.8. The Labute approximate surface area is 144 Å². The smallest absolute Gasteiger partial charge is 0.257 e. The molecule has 1 atom stereocenters. The van der Waals surface area contributed by atoms with E-state index in [1.54, 1.807) is 17.5 Å². The average molecular weight is 349 g/mol. The number of thiophene rings is 1. The summed E-state index contributed by atoms with van der Waals surface area (Å²) in [5.74, 6) is -1.80. The maximum absolute atomic E-state index is 14.8. The molecule has 4 rings (SSSR count). The fraction of sp³-hybridized carbons (Fsp3) is 0.500. The van der Waals surface area contributed by atoms with Crippen LogP contribution in [0.4, 0.5) is 14.6 Å². The summed E-state index contributed by atoms with van der Waals surface area (Å²) < 4.78 is 29.7. The number of halogens is 2. The van der Waals surface area contributed by atoms with Crippen molar-refractivity contribution in [2.75, 3.05) is 31.1 Å². The van der Waals surface area contributed by atoms with E-state index in [-0.39, 0.29) is 6.42 Å². The van der Waals surface area contributed by atoms with Crippen LogP contribution in [0.15, 0.2) is 41.2 Å². The van der Waals surface area contributed by atoms with Gasteiger partial charge >= 0.3 is 0 Å². The zero-order chi connectivity index (χ0) is 16.6. The number of alkyl halides is 2. The first kappa shape index (κ1) is 16.0. The minimum absolute atomic E-state index is 0.0484. The van der Waals surface area contributed by atoms with E-state index in [1.165, 1.54) is 5.56 Å². The SMILES string of the molecule is FC1(F)CCN(Cc2ccsc2)C[C@]12CCN(c1ccccn1)C2. The Kier molecular flexibility index (Phi) is 4.04. The Morgan fingerprint density at radius 2 is 2.04 bits per heavy atom. The van der Waals surface area contributed by atoms with E-state index < -0.39 is 11.3 Å². The summed E-state index contributed by atoms with van der Waals surface area (Å²) in [6.07, 6.45) is 2.20. The van der Waals surface area contributed by atoms with E-state index in [1.807, 2.05) is 28.5 Å². The number of likely N-dealkylation sites (tertiary alicyclic amines) is 1. The van der Waals surface area contributed by atoms with Crippen molar-refractivity contribution in [2.24, 2.45) is 5.41 Å². The van der Waals surface area contributed by atoms with E-state index >= 15 is 0 Å². The third kappa shape index (κ3) is 2.82.